The molecule has 4 heteroatoms. The lowest BCUT2D eigenvalue weighted by atomic mass is 10.4. The van der Waals surface area contributed by atoms with Crippen molar-refractivity contribution in [2.24, 2.45) is 0 Å². The van der Waals surface area contributed by atoms with Crippen molar-refractivity contribution in [2.45, 2.75) is 26.5 Å². The van der Waals surface area contributed by atoms with E-state index in [0.29, 0.717) is 6.61 Å². The molecule has 1 heterocycles. The zero-order valence-electron chi connectivity index (χ0n) is 10.3. The molecule has 1 unspecified atom stereocenters. The Morgan fingerprint density at radius 2 is 2.25 bits per heavy atom. The second-order valence-electron chi connectivity index (χ2n) is 3.83. The average Bonchev–Trinajstić information content (AvgIpc) is 2.64. The third-order valence-corrected chi connectivity index (χ3v) is 3.18. The Labute approximate surface area is 102 Å². The molecule has 0 aliphatic carbocycles. The summed E-state index contributed by atoms with van der Waals surface area (Å²) in [4.78, 5) is 2.74. The average molecular weight is 243 g/mol. The summed E-state index contributed by atoms with van der Waals surface area (Å²) >= 11 is 1.84. The lowest BCUT2D eigenvalue weighted by molar-refractivity contribution is 0.0107. The van der Waals surface area contributed by atoms with E-state index in [0.717, 1.165) is 19.7 Å². The van der Waals surface area contributed by atoms with E-state index < -0.39 is 0 Å². The summed E-state index contributed by atoms with van der Waals surface area (Å²) in [6, 6.07) is 4.32. The largest absolute Gasteiger partial charge is 0.382 e. The molecule has 3 nitrogen and oxygen atoms in total. The Morgan fingerprint density at radius 3 is 2.88 bits per heavy atom. The molecule has 1 N–H and O–H groups in total. The van der Waals surface area contributed by atoms with Crippen LogP contribution in [0.2, 0.25) is 0 Å². The van der Waals surface area contributed by atoms with Gasteiger partial charge in [-0.3, -0.25) is 0 Å². The number of hydrogen-bond donors (Lipinski definition) is 1. The Kier molecular flexibility index (Phi) is 6.64. The zero-order chi connectivity index (χ0) is 11.8. The Bertz CT molecular complexity index is 288. The van der Waals surface area contributed by atoms with E-state index in [9.17, 15) is 0 Å². The monoisotopic (exact) mass is 243 g/mol. The Morgan fingerprint density at radius 1 is 1.44 bits per heavy atom. The Balaban J connectivity index is 2.00. The number of rotatable bonds is 8. The first-order valence-electron chi connectivity index (χ1n) is 5.59. The van der Waals surface area contributed by atoms with Crippen LogP contribution in [-0.2, 0) is 16.0 Å². The fourth-order valence-electron chi connectivity index (χ4n) is 1.41. The number of nitrogens with one attached hydrogen (secondary N) is 1. The molecule has 0 amide bonds. The highest BCUT2D eigenvalue weighted by Gasteiger charge is 2.00. The van der Waals surface area contributed by atoms with Crippen LogP contribution < -0.4 is 5.32 Å². The summed E-state index contributed by atoms with van der Waals surface area (Å²) in [5.41, 5.74) is 0. The third kappa shape index (κ3) is 5.61. The highest BCUT2D eigenvalue weighted by molar-refractivity contribution is 7.11. The van der Waals surface area contributed by atoms with Crippen molar-refractivity contribution in [3.63, 3.8) is 0 Å². The van der Waals surface area contributed by atoms with Crippen molar-refractivity contribution in [1.29, 1.82) is 0 Å². The van der Waals surface area contributed by atoms with Crippen LogP contribution in [-0.4, -0.2) is 33.0 Å². The second kappa shape index (κ2) is 7.79. The van der Waals surface area contributed by atoms with Gasteiger partial charge in [0.05, 0.1) is 19.3 Å². The van der Waals surface area contributed by atoms with Gasteiger partial charge in [-0.2, -0.15) is 0 Å². The molecule has 0 saturated carbocycles. The van der Waals surface area contributed by atoms with Crippen molar-refractivity contribution in [2.75, 3.05) is 26.9 Å². The normalized spacial score (nSPS) is 12.9. The predicted molar refractivity (Wildman–Crippen MR) is 68.1 cm³/mol. The van der Waals surface area contributed by atoms with Gasteiger partial charge in [0.25, 0.3) is 0 Å². The van der Waals surface area contributed by atoms with Crippen molar-refractivity contribution in [1.82, 2.24) is 5.32 Å². The number of aryl methyl sites for hydroxylation is 1. The molecule has 0 fully saturated rings. The molecule has 0 spiro atoms. The van der Waals surface area contributed by atoms with E-state index in [1.54, 1.807) is 7.11 Å². The zero-order valence-corrected chi connectivity index (χ0v) is 11.1. The number of thiophene rings is 1. The van der Waals surface area contributed by atoms with Crippen molar-refractivity contribution >= 4 is 11.3 Å². The van der Waals surface area contributed by atoms with Crippen LogP contribution in [0.1, 0.15) is 16.7 Å². The van der Waals surface area contributed by atoms with Crippen molar-refractivity contribution < 1.29 is 9.47 Å². The minimum absolute atomic E-state index is 0.177. The summed E-state index contributed by atoms with van der Waals surface area (Å²) < 4.78 is 10.5. The van der Waals surface area contributed by atoms with Gasteiger partial charge in [-0.15, -0.1) is 11.3 Å². The van der Waals surface area contributed by atoms with E-state index in [1.807, 2.05) is 18.3 Å². The first-order chi connectivity index (χ1) is 7.72. The Hall–Kier alpha value is -0.420. The van der Waals surface area contributed by atoms with Crippen LogP contribution in [0.4, 0.5) is 0 Å². The molecule has 0 aliphatic heterocycles. The van der Waals surface area contributed by atoms with Gasteiger partial charge < -0.3 is 14.8 Å². The third-order valence-electron chi connectivity index (χ3n) is 2.18. The summed E-state index contributed by atoms with van der Waals surface area (Å²) in [6.07, 6.45) is 0.177. The molecule has 16 heavy (non-hydrogen) atoms. The first kappa shape index (κ1) is 13.6. The lowest BCUT2D eigenvalue weighted by Gasteiger charge is -2.11. The minimum atomic E-state index is 0.177. The molecular formula is C12H21NO2S. The molecule has 0 aliphatic rings. The standard InChI is InChI=1S/C12H21NO2S/c1-10(9-14-3)15-7-6-13-8-12-5-4-11(2)16-12/h4-5,10,13H,6-9H2,1-3H3. The van der Waals surface area contributed by atoms with Crippen LogP contribution in [0, 0.1) is 6.92 Å². The van der Waals surface area contributed by atoms with Gasteiger partial charge in [-0.05, 0) is 26.0 Å². The van der Waals surface area contributed by atoms with E-state index in [-0.39, 0.29) is 6.10 Å². The predicted octanol–water partition coefficient (Wildman–Crippen LogP) is 2.20. The van der Waals surface area contributed by atoms with Crippen LogP contribution in [0.25, 0.3) is 0 Å². The minimum Gasteiger partial charge on any atom is -0.382 e. The summed E-state index contributed by atoms with van der Waals surface area (Å²) in [5, 5.41) is 3.36. The van der Waals surface area contributed by atoms with Crippen LogP contribution in [0.5, 0.6) is 0 Å². The van der Waals surface area contributed by atoms with Crippen LogP contribution in [0.15, 0.2) is 12.1 Å². The van der Waals surface area contributed by atoms with Crippen LogP contribution >= 0.6 is 11.3 Å². The van der Waals surface area contributed by atoms with E-state index in [1.165, 1.54) is 9.75 Å². The smallest absolute Gasteiger partial charge is 0.0780 e. The maximum absolute atomic E-state index is 5.54. The number of ether oxygens (including phenoxy) is 2. The first-order valence-corrected chi connectivity index (χ1v) is 6.40. The molecule has 92 valence electrons. The summed E-state index contributed by atoms with van der Waals surface area (Å²) in [5.74, 6) is 0. The van der Waals surface area contributed by atoms with E-state index in [4.69, 9.17) is 9.47 Å². The summed E-state index contributed by atoms with van der Waals surface area (Å²) in [7, 11) is 1.69. The highest BCUT2D eigenvalue weighted by atomic mass is 32.1. The highest BCUT2D eigenvalue weighted by Crippen LogP contribution is 2.14. The van der Waals surface area contributed by atoms with Crippen molar-refractivity contribution in [3.05, 3.63) is 21.9 Å². The van der Waals surface area contributed by atoms with Gasteiger partial charge in [-0.1, -0.05) is 0 Å². The fraction of sp³-hybridized carbons (Fsp3) is 0.667. The fourth-order valence-corrected chi connectivity index (χ4v) is 2.27. The maximum Gasteiger partial charge on any atom is 0.0780 e. The molecule has 0 aromatic carbocycles. The van der Waals surface area contributed by atoms with Gasteiger partial charge in [0.1, 0.15) is 0 Å². The van der Waals surface area contributed by atoms with E-state index >= 15 is 0 Å². The molecule has 1 aromatic rings. The van der Waals surface area contributed by atoms with Gasteiger partial charge >= 0.3 is 0 Å². The molecule has 0 saturated heterocycles. The molecule has 1 rings (SSSR count). The van der Waals surface area contributed by atoms with E-state index in [2.05, 4.69) is 24.4 Å². The quantitative estimate of drug-likeness (QED) is 0.710. The maximum atomic E-state index is 5.54. The van der Waals surface area contributed by atoms with Crippen molar-refractivity contribution in [3.8, 4) is 0 Å². The summed E-state index contributed by atoms with van der Waals surface area (Å²) in [6.45, 7) is 7.35. The molecular weight excluding hydrogens is 222 g/mol. The SMILES string of the molecule is COCC(C)OCCNCc1ccc(C)s1. The topological polar surface area (TPSA) is 30.5 Å². The number of hydrogen-bond acceptors (Lipinski definition) is 4. The van der Waals surface area contributed by atoms with Gasteiger partial charge in [0.2, 0.25) is 0 Å². The molecule has 1 aromatic heterocycles. The van der Waals surface area contributed by atoms with Gasteiger partial charge in [-0.25, -0.2) is 0 Å². The number of methoxy groups -OCH3 is 1. The molecule has 0 bridgehead atoms. The second-order valence-corrected chi connectivity index (χ2v) is 5.20. The van der Waals surface area contributed by atoms with Crippen LogP contribution in [0.3, 0.4) is 0 Å². The molecule has 1 atom stereocenters. The lowest BCUT2D eigenvalue weighted by Crippen LogP contribution is -2.23. The molecule has 0 radical (unpaired) electrons. The van der Waals surface area contributed by atoms with Gasteiger partial charge in [0.15, 0.2) is 0 Å². The van der Waals surface area contributed by atoms with Gasteiger partial charge in [0, 0.05) is 30.0 Å².